The van der Waals surface area contributed by atoms with Gasteiger partial charge >= 0.3 is 0 Å². The molecule has 1 aliphatic rings. The Bertz CT molecular complexity index is 1180. The van der Waals surface area contributed by atoms with Gasteiger partial charge in [-0.15, -0.1) is 5.53 Å². The summed E-state index contributed by atoms with van der Waals surface area (Å²) in [6, 6.07) is 8.56. The number of nitrogens with zero attached hydrogens (tertiary/aromatic N) is 1. The summed E-state index contributed by atoms with van der Waals surface area (Å²) >= 11 is 0. The predicted octanol–water partition coefficient (Wildman–Crippen LogP) is 3.86. The van der Waals surface area contributed by atoms with Crippen molar-refractivity contribution in [1.29, 1.82) is 0 Å². The standard InChI is InChI=1S/C19H21FN4O2S/c1-10(2)18-19(27(4,25)26)13-8-15-16(22-23-21-15)9-17(13)24(18)12-5-6-14(20)11(3)7-12/h5-10,21-23H,1-4H3. The summed E-state index contributed by atoms with van der Waals surface area (Å²) < 4.78 is 41.2. The van der Waals surface area contributed by atoms with Gasteiger partial charge in [0, 0.05) is 23.0 Å². The van der Waals surface area contributed by atoms with E-state index in [2.05, 4.69) is 16.4 Å². The molecule has 0 saturated carbocycles. The average molecular weight is 388 g/mol. The van der Waals surface area contributed by atoms with Gasteiger partial charge in [-0.25, -0.2) is 12.8 Å². The molecule has 4 rings (SSSR count). The first-order valence-corrected chi connectivity index (χ1v) is 10.5. The number of aromatic nitrogens is 1. The van der Waals surface area contributed by atoms with E-state index in [1.165, 1.54) is 12.3 Å². The maximum atomic E-state index is 13.8. The van der Waals surface area contributed by atoms with Crippen LogP contribution in [0.15, 0.2) is 35.2 Å². The summed E-state index contributed by atoms with van der Waals surface area (Å²) in [6.07, 6.45) is 1.23. The Morgan fingerprint density at radius 2 is 1.74 bits per heavy atom. The Labute approximate surface area is 157 Å². The molecule has 8 heteroatoms. The van der Waals surface area contributed by atoms with Crippen LogP contribution >= 0.6 is 0 Å². The maximum Gasteiger partial charge on any atom is 0.177 e. The highest BCUT2D eigenvalue weighted by atomic mass is 32.2. The lowest BCUT2D eigenvalue weighted by Gasteiger charge is -2.15. The molecule has 27 heavy (non-hydrogen) atoms. The smallest absolute Gasteiger partial charge is 0.177 e. The van der Waals surface area contributed by atoms with Crippen LogP contribution in [-0.4, -0.2) is 19.2 Å². The highest BCUT2D eigenvalue weighted by Gasteiger charge is 2.28. The van der Waals surface area contributed by atoms with Crippen molar-refractivity contribution in [1.82, 2.24) is 10.1 Å². The number of sulfone groups is 1. The van der Waals surface area contributed by atoms with Gasteiger partial charge in [0.2, 0.25) is 0 Å². The molecule has 0 fully saturated rings. The molecule has 0 unspecified atom stereocenters. The normalized spacial score (nSPS) is 13.7. The number of hydrogen-bond donors (Lipinski definition) is 3. The highest BCUT2D eigenvalue weighted by Crippen LogP contribution is 2.41. The van der Waals surface area contributed by atoms with Crippen LogP contribution < -0.4 is 16.4 Å². The van der Waals surface area contributed by atoms with Crippen LogP contribution in [0.4, 0.5) is 15.8 Å². The lowest BCUT2D eigenvalue weighted by atomic mass is 10.1. The minimum atomic E-state index is -3.49. The van der Waals surface area contributed by atoms with E-state index in [9.17, 15) is 12.8 Å². The molecule has 3 aromatic rings. The largest absolute Gasteiger partial charge is 0.312 e. The molecule has 6 nitrogen and oxygen atoms in total. The molecule has 0 bridgehead atoms. The second-order valence-electron chi connectivity index (χ2n) is 7.20. The first kappa shape index (κ1) is 17.8. The Morgan fingerprint density at radius 3 is 2.33 bits per heavy atom. The Hall–Kier alpha value is -2.58. The highest BCUT2D eigenvalue weighted by molar-refractivity contribution is 7.91. The minimum absolute atomic E-state index is 0.0543. The zero-order chi connectivity index (χ0) is 19.5. The number of rotatable bonds is 3. The second-order valence-corrected chi connectivity index (χ2v) is 9.15. The number of aryl methyl sites for hydroxylation is 1. The molecule has 2 aromatic carbocycles. The van der Waals surface area contributed by atoms with E-state index in [4.69, 9.17) is 0 Å². The number of halogens is 1. The van der Waals surface area contributed by atoms with Crippen LogP contribution in [0.1, 0.15) is 31.0 Å². The van der Waals surface area contributed by atoms with Crippen molar-refractivity contribution in [3.8, 4) is 5.69 Å². The maximum absolute atomic E-state index is 13.8. The zero-order valence-electron chi connectivity index (χ0n) is 15.5. The van der Waals surface area contributed by atoms with Gasteiger partial charge in [-0.05, 0) is 48.7 Å². The molecule has 0 spiro atoms. The lowest BCUT2D eigenvalue weighted by molar-refractivity contribution is 0.599. The van der Waals surface area contributed by atoms with Crippen molar-refractivity contribution in [3.05, 3.63) is 47.4 Å². The Morgan fingerprint density at radius 1 is 1.07 bits per heavy atom. The van der Waals surface area contributed by atoms with Crippen molar-refractivity contribution >= 4 is 32.1 Å². The van der Waals surface area contributed by atoms with Crippen molar-refractivity contribution in [2.45, 2.75) is 31.6 Å². The fourth-order valence-electron chi connectivity index (χ4n) is 3.65. The van der Waals surface area contributed by atoms with Crippen molar-refractivity contribution in [3.63, 3.8) is 0 Å². The molecule has 3 N–H and O–H groups in total. The minimum Gasteiger partial charge on any atom is -0.312 e. The van der Waals surface area contributed by atoms with Gasteiger partial charge in [0.1, 0.15) is 5.82 Å². The van der Waals surface area contributed by atoms with Crippen molar-refractivity contribution in [2.75, 3.05) is 17.1 Å². The van der Waals surface area contributed by atoms with Crippen LogP contribution in [0.5, 0.6) is 0 Å². The van der Waals surface area contributed by atoms with Gasteiger partial charge in [0.05, 0.1) is 21.8 Å². The van der Waals surface area contributed by atoms with E-state index in [0.717, 1.165) is 22.6 Å². The van der Waals surface area contributed by atoms with Gasteiger partial charge < -0.3 is 15.4 Å². The molecule has 0 radical (unpaired) electrons. The van der Waals surface area contributed by atoms with Gasteiger partial charge in [-0.3, -0.25) is 0 Å². The SMILES string of the molecule is Cc1cc(-n2c(C(C)C)c(S(C)(=O)=O)c3cc4c(cc32)NNN4)ccc1F. The fourth-order valence-corrected chi connectivity index (χ4v) is 4.92. The first-order valence-electron chi connectivity index (χ1n) is 8.64. The number of hydrogen-bond acceptors (Lipinski definition) is 5. The van der Waals surface area contributed by atoms with E-state index in [-0.39, 0.29) is 11.7 Å². The molecule has 142 valence electrons. The second kappa shape index (κ2) is 5.97. The molecule has 0 saturated heterocycles. The van der Waals surface area contributed by atoms with Gasteiger partial charge in [-0.1, -0.05) is 13.8 Å². The van der Waals surface area contributed by atoms with E-state index >= 15 is 0 Å². The van der Waals surface area contributed by atoms with E-state index < -0.39 is 9.84 Å². The van der Waals surface area contributed by atoms with Crippen LogP contribution in [0.2, 0.25) is 0 Å². The van der Waals surface area contributed by atoms with Gasteiger partial charge in [-0.2, -0.15) is 0 Å². The van der Waals surface area contributed by atoms with E-state index in [0.29, 0.717) is 21.5 Å². The predicted molar refractivity (Wildman–Crippen MR) is 106 cm³/mol. The molecule has 1 aromatic heterocycles. The van der Waals surface area contributed by atoms with Crippen molar-refractivity contribution < 1.29 is 12.8 Å². The summed E-state index contributed by atoms with van der Waals surface area (Å²) in [4.78, 5) is 0.311. The number of nitrogens with one attached hydrogen (secondary N) is 3. The number of fused-ring (bicyclic) bond motifs is 2. The van der Waals surface area contributed by atoms with Gasteiger partial charge in [0.25, 0.3) is 0 Å². The molecule has 0 aliphatic carbocycles. The molecule has 0 atom stereocenters. The molecular formula is C19H21FN4O2S. The van der Waals surface area contributed by atoms with Crippen LogP contribution in [0.3, 0.4) is 0 Å². The lowest BCUT2D eigenvalue weighted by Crippen LogP contribution is -2.19. The summed E-state index contributed by atoms with van der Waals surface area (Å²) in [7, 11) is -3.49. The third-order valence-electron chi connectivity index (χ3n) is 4.81. The van der Waals surface area contributed by atoms with Crippen molar-refractivity contribution in [2.24, 2.45) is 0 Å². The van der Waals surface area contributed by atoms with Gasteiger partial charge in [0.15, 0.2) is 9.84 Å². The quantitative estimate of drug-likeness (QED) is 0.635. The molecular weight excluding hydrogens is 367 g/mol. The Balaban J connectivity index is 2.19. The van der Waals surface area contributed by atoms with Crippen LogP contribution in [0, 0.1) is 12.7 Å². The zero-order valence-corrected chi connectivity index (χ0v) is 16.3. The fraction of sp³-hybridized carbons (Fsp3) is 0.263. The van der Waals surface area contributed by atoms with E-state index in [1.807, 2.05) is 30.5 Å². The third kappa shape index (κ3) is 2.76. The Kier molecular flexibility index (Phi) is 3.94. The van der Waals surface area contributed by atoms with E-state index in [1.54, 1.807) is 19.1 Å². The number of anilines is 2. The summed E-state index contributed by atoms with van der Waals surface area (Å²) in [5.41, 5.74) is 13.1. The topological polar surface area (TPSA) is 75.2 Å². The monoisotopic (exact) mass is 388 g/mol. The van der Waals surface area contributed by atoms with Crippen LogP contribution in [0.25, 0.3) is 16.6 Å². The molecule has 0 amide bonds. The molecule has 2 heterocycles. The molecule has 1 aliphatic heterocycles. The summed E-state index contributed by atoms with van der Waals surface area (Å²) in [5.74, 6) is -0.345. The summed E-state index contributed by atoms with van der Waals surface area (Å²) in [5, 5.41) is 0.639. The number of benzene rings is 2. The average Bonchev–Trinajstić information content (AvgIpc) is 3.16. The van der Waals surface area contributed by atoms with Crippen LogP contribution in [-0.2, 0) is 9.84 Å². The first-order chi connectivity index (χ1) is 12.7. The number of hydrazine groups is 2. The summed E-state index contributed by atoms with van der Waals surface area (Å²) in [6.45, 7) is 5.62. The third-order valence-corrected chi connectivity index (χ3v) is 5.98.